The first kappa shape index (κ1) is 13.0. The van der Waals surface area contributed by atoms with Crippen molar-refractivity contribution < 1.29 is 19.2 Å². The molecule has 6 heteroatoms. The first-order valence-electron chi connectivity index (χ1n) is 5.96. The van der Waals surface area contributed by atoms with E-state index in [4.69, 9.17) is 14.4 Å². The minimum absolute atomic E-state index is 0.0120. The summed E-state index contributed by atoms with van der Waals surface area (Å²) in [5.41, 5.74) is -0.317. The third-order valence-electron chi connectivity index (χ3n) is 3.72. The van der Waals surface area contributed by atoms with Gasteiger partial charge in [0.2, 0.25) is 5.89 Å². The Morgan fingerprint density at radius 2 is 2.28 bits per heavy atom. The van der Waals surface area contributed by atoms with Crippen molar-refractivity contribution in [3.63, 3.8) is 0 Å². The molecule has 1 aliphatic carbocycles. The van der Waals surface area contributed by atoms with Crippen molar-refractivity contribution in [3.05, 3.63) is 11.7 Å². The molecule has 3 unspecified atom stereocenters. The molecule has 1 aromatic heterocycles. The van der Waals surface area contributed by atoms with Crippen LogP contribution in [0.2, 0.25) is 0 Å². The summed E-state index contributed by atoms with van der Waals surface area (Å²) >= 11 is 0. The molecule has 1 N–H and O–H groups in total. The van der Waals surface area contributed by atoms with Gasteiger partial charge in [-0.05, 0) is 12.3 Å². The first-order valence-corrected chi connectivity index (χ1v) is 5.96. The number of methoxy groups -OCH3 is 1. The average Bonchev–Trinajstić information content (AvgIpc) is 2.66. The van der Waals surface area contributed by atoms with Crippen molar-refractivity contribution in [1.82, 2.24) is 10.1 Å². The molecule has 0 bridgehead atoms. The molecular weight excluding hydrogens is 236 g/mol. The summed E-state index contributed by atoms with van der Waals surface area (Å²) in [7, 11) is 1.62. The number of carboxylic acid groups (broad SMARTS) is 1. The van der Waals surface area contributed by atoms with Gasteiger partial charge in [0.05, 0.1) is 17.9 Å². The summed E-state index contributed by atoms with van der Waals surface area (Å²) < 4.78 is 10.3. The molecule has 1 heterocycles. The molecule has 1 aromatic rings. The van der Waals surface area contributed by atoms with Gasteiger partial charge in [-0.1, -0.05) is 19.0 Å². The Kier molecular flexibility index (Phi) is 3.14. The van der Waals surface area contributed by atoms with Gasteiger partial charge in [-0.25, -0.2) is 0 Å². The standard InChI is InChI=1S/C12H18N2O4/c1-6(17-4)5-7-13-10(18-14-7)8-9(11(15)16)12(8,2)3/h6,8-9H,5H2,1-4H3,(H,15,16). The third kappa shape index (κ3) is 2.12. The topological polar surface area (TPSA) is 85.5 Å². The second-order valence-electron chi connectivity index (χ2n) is 5.41. The van der Waals surface area contributed by atoms with Gasteiger partial charge in [-0.2, -0.15) is 4.98 Å². The van der Waals surface area contributed by atoms with E-state index in [-0.39, 0.29) is 17.4 Å². The van der Waals surface area contributed by atoms with E-state index in [0.29, 0.717) is 18.1 Å². The second kappa shape index (κ2) is 4.35. The monoisotopic (exact) mass is 254 g/mol. The van der Waals surface area contributed by atoms with Crippen LogP contribution in [-0.2, 0) is 16.0 Å². The molecule has 0 aromatic carbocycles. The Balaban J connectivity index is 2.10. The largest absolute Gasteiger partial charge is 0.481 e. The van der Waals surface area contributed by atoms with Crippen LogP contribution in [0.3, 0.4) is 0 Å². The van der Waals surface area contributed by atoms with Gasteiger partial charge in [0, 0.05) is 13.5 Å². The van der Waals surface area contributed by atoms with Crippen LogP contribution >= 0.6 is 0 Å². The van der Waals surface area contributed by atoms with Crippen LogP contribution in [0.1, 0.15) is 38.4 Å². The van der Waals surface area contributed by atoms with Gasteiger partial charge in [0.1, 0.15) is 0 Å². The fourth-order valence-electron chi connectivity index (χ4n) is 2.38. The Hall–Kier alpha value is -1.43. The fraction of sp³-hybridized carbons (Fsp3) is 0.750. The zero-order valence-corrected chi connectivity index (χ0v) is 11.0. The van der Waals surface area contributed by atoms with E-state index in [1.165, 1.54) is 0 Å². The minimum atomic E-state index is -0.810. The SMILES string of the molecule is COC(C)Cc1noc(C2C(C(=O)O)C2(C)C)n1. The third-order valence-corrected chi connectivity index (χ3v) is 3.72. The van der Waals surface area contributed by atoms with Crippen molar-refractivity contribution in [1.29, 1.82) is 0 Å². The lowest BCUT2D eigenvalue weighted by atomic mass is 10.1. The van der Waals surface area contributed by atoms with Crippen LogP contribution in [0.4, 0.5) is 0 Å². The van der Waals surface area contributed by atoms with Crippen LogP contribution in [0, 0.1) is 11.3 Å². The predicted molar refractivity (Wildman–Crippen MR) is 62.1 cm³/mol. The van der Waals surface area contributed by atoms with E-state index < -0.39 is 11.9 Å². The van der Waals surface area contributed by atoms with Crippen molar-refractivity contribution in [2.45, 2.75) is 39.2 Å². The van der Waals surface area contributed by atoms with Crippen molar-refractivity contribution in [2.24, 2.45) is 11.3 Å². The van der Waals surface area contributed by atoms with Crippen molar-refractivity contribution in [2.75, 3.05) is 7.11 Å². The zero-order valence-electron chi connectivity index (χ0n) is 11.0. The summed E-state index contributed by atoms with van der Waals surface area (Å²) in [5, 5.41) is 13.0. The van der Waals surface area contributed by atoms with E-state index in [1.54, 1.807) is 7.11 Å². The van der Waals surface area contributed by atoms with Crippen LogP contribution in [0.15, 0.2) is 4.52 Å². The summed E-state index contributed by atoms with van der Waals surface area (Å²) in [6.45, 7) is 5.72. The van der Waals surface area contributed by atoms with Gasteiger partial charge in [0.15, 0.2) is 5.82 Å². The summed E-state index contributed by atoms with van der Waals surface area (Å²) in [6.07, 6.45) is 0.572. The highest BCUT2D eigenvalue weighted by Crippen LogP contribution is 2.63. The summed E-state index contributed by atoms with van der Waals surface area (Å²) in [5.74, 6) is -0.452. The normalized spacial score (nSPS) is 26.9. The number of ether oxygens (including phenoxy) is 1. The van der Waals surface area contributed by atoms with Gasteiger partial charge >= 0.3 is 5.97 Å². The Morgan fingerprint density at radius 3 is 2.78 bits per heavy atom. The second-order valence-corrected chi connectivity index (χ2v) is 5.41. The molecule has 3 atom stereocenters. The van der Waals surface area contributed by atoms with E-state index in [0.717, 1.165) is 0 Å². The number of rotatable bonds is 5. The van der Waals surface area contributed by atoms with E-state index in [1.807, 2.05) is 20.8 Å². The van der Waals surface area contributed by atoms with Gasteiger partial charge in [-0.3, -0.25) is 4.79 Å². The number of nitrogens with zero attached hydrogens (tertiary/aromatic N) is 2. The smallest absolute Gasteiger partial charge is 0.307 e. The van der Waals surface area contributed by atoms with E-state index in [2.05, 4.69) is 10.1 Å². The van der Waals surface area contributed by atoms with E-state index >= 15 is 0 Å². The quantitative estimate of drug-likeness (QED) is 0.856. The molecule has 1 saturated carbocycles. The lowest BCUT2D eigenvalue weighted by molar-refractivity contribution is -0.139. The maximum Gasteiger partial charge on any atom is 0.307 e. The highest BCUT2D eigenvalue weighted by atomic mass is 16.5. The lowest BCUT2D eigenvalue weighted by Crippen LogP contribution is -2.09. The molecule has 1 fully saturated rings. The Morgan fingerprint density at radius 1 is 1.61 bits per heavy atom. The molecular formula is C12H18N2O4. The van der Waals surface area contributed by atoms with Crippen molar-refractivity contribution >= 4 is 5.97 Å². The highest BCUT2D eigenvalue weighted by molar-refractivity contribution is 5.77. The Bertz CT molecular complexity index is 455. The predicted octanol–water partition coefficient (Wildman–Crippen LogP) is 1.47. The maximum absolute atomic E-state index is 11.1. The first-order chi connectivity index (χ1) is 8.37. The summed E-state index contributed by atoms with van der Waals surface area (Å²) in [6, 6.07) is 0. The van der Waals surface area contributed by atoms with E-state index in [9.17, 15) is 4.79 Å². The maximum atomic E-state index is 11.1. The Labute approximate surface area is 105 Å². The van der Waals surface area contributed by atoms with Crippen LogP contribution < -0.4 is 0 Å². The van der Waals surface area contributed by atoms with Crippen molar-refractivity contribution in [3.8, 4) is 0 Å². The highest BCUT2D eigenvalue weighted by Gasteiger charge is 2.65. The minimum Gasteiger partial charge on any atom is -0.481 e. The van der Waals surface area contributed by atoms with Gasteiger partial charge in [0.25, 0.3) is 0 Å². The molecule has 0 spiro atoms. The number of carbonyl (C=O) groups is 1. The average molecular weight is 254 g/mol. The molecule has 18 heavy (non-hydrogen) atoms. The molecule has 0 amide bonds. The molecule has 1 aliphatic rings. The number of aliphatic carboxylic acids is 1. The molecule has 0 aliphatic heterocycles. The van der Waals surface area contributed by atoms with Gasteiger partial charge in [-0.15, -0.1) is 0 Å². The van der Waals surface area contributed by atoms with Crippen LogP contribution in [0.25, 0.3) is 0 Å². The number of hydrogen-bond donors (Lipinski definition) is 1. The number of aromatic nitrogens is 2. The fourth-order valence-corrected chi connectivity index (χ4v) is 2.38. The molecule has 0 saturated heterocycles. The molecule has 100 valence electrons. The molecule has 6 nitrogen and oxygen atoms in total. The van der Waals surface area contributed by atoms with Crippen LogP contribution in [0.5, 0.6) is 0 Å². The number of carboxylic acids is 1. The lowest BCUT2D eigenvalue weighted by Gasteiger charge is -2.03. The molecule has 2 rings (SSSR count). The van der Waals surface area contributed by atoms with Crippen LogP contribution in [-0.4, -0.2) is 34.4 Å². The molecule has 0 radical (unpaired) electrons. The number of hydrogen-bond acceptors (Lipinski definition) is 5. The summed E-state index contributed by atoms with van der Waals surface area (Å²) in [4.78, 5) is 15.3. The zero-order chi connectivity index (χ0) is 13.5. The van der Waals surface area contributed by atoms with Gasteiger partial charge < -0.3 is 14.4 Å².